The van der Waals surface area contributed by atoms with Crippen LogP contribution in [0.5, 0.6) is 0 Å². The van der Waals surface area contributed by atoms with Gasteiger partial charge >= 0.3 is 0 Å². The van der Waals surface area contributed by atoms with Crippen LogP contribution in [0, 0.1) is 11.8 Å². The van der Waals surface area contributed by atoms with E-state index in [0.717, 1.165) is 11.8 Å². The van der Waals surface area contributed by atoms with Crippen molar-refractivity contribution >= 4 is 0 Å². The maximum Gasteiger partial charge on any atom is -0.0414 e. The predicted octanol–water partition coefficient (Wildman–Crippen LogP) is 4.78. The highest BCUT2D eigenvalue weighted by molar-refractivity contribution is 4.67. The largest absolute Gasteiger partial charge is 0.0654 e. The molecule has 1 aliphatic carbocycles. The molecule has 78 valence electrons. The molecule has 1 aliphatic rings. The smallest absolute Gasteiger partial charge is 0.0414 e. The third kappa shape index (κ3) is 4.69. The summed E-state index contributed by atoms with van der Waals surface area (Å²) < 4.78 is 0. The molecule has 1 rings (SSSR count). The van der Waals surface area contributed by atoms with E-state index in [1.165, 1.54) is 57.8 Å². The second kappa shape index (κ2) is 6.45. The summed E-state index contributed by atoms with van der Waals surface area (Å²) in [5.74, 6) is 2.07. The van der Waals surface area contributed by atoms with Crippen molar-refractivity contribution in [2.45, 2.75) is 71.6 Å². The van der Waals surface area contributed by atoms with E-state index in [1.807, 2.05) is 0 Å². The van der Waals surface area contributed by atoms with E-state index >= 15 is 0 Å². The van der Waals surface area contributed by atoms with Gasteiger partial charge in [-0.3, -0.25) is 0 Å². The zero-order valence-corrected chi connectivity index (χ0v) is 9.52. The average Bonchev–Trinajstić information content (AvgIpc) is 2.17. The van der Waals surface area contributed by atoms with Crippen LogP contribution in [0.15, 0.2) is 0 Å². The minimum atomic E-state index is 0.979. The van der Waals surface area contributed by atoms with Crippen LogP contribution < -0.4 is 0 Å². The van der Waals surface area contributed by atoms with Crippen molar-refractivity contribution in [3.05, 3.63) is 0 Å². The van der Waals surface area contributed by atoms with Gasteiger partial charge in [0.1, 0.15) is 0 Å². The molecule has 0 heterocycles. The lowest BCUT2D eigenvalue weighted by Crippen LogP contribution is -2.07. The van der Waals surface area contributed by atoms with Crippen LogP contribution >= 0.6 is 0 Å². The van der Waals surface area contributed by atoms with Gasteiger partial charge in [0.25, 0.3) is 0 Å². The Morgan fingerprint density at radius 1 is 1.08 bits per heavy atom. The molecule has 0 spiro atoms. The zero-order chi connectivity index (χ0) is 9.52. The third-order valence-corrected chi connectivity index (χ3v) is 3.57. The van der Waals surface area contributed by atoms with Crippen LogP contribution in [0.3, 0.4) is 0 Å². The van der Waals surface area contributed by atoms with Crippen LogP contribution in [0.2, 0.25) is 0 Å². The molecule has 1 fully saturated rings. The molecule has 1 atom stereocenters. The first-order valence-electron chi connectivity index (χ1n) is 6.33. The van der Waals surface area contributed by atoms with Crippen molar-refractivity contribution in [1.82, 2.24) is 0 Å². The summed E-state index contributed by atoms with van der Waals surface area (Å²) in [7, 11) is 0. The Morgan fingerprint density at radius 3 is 2.38 bits per heavy atom. The Labute approximate surface area is 84.1 Å². The van der Waals surface area contributed by atoms with Crippen molar-refractivity contribution in [1.29, 1.82) is 0 Å². The van der Waals surface area contributed by atoms with Crippen LogP contribution in [0.25, 0.3) is 0 Å². The Kier molecular flexibility index (Phi) is 5.50. The van der Waals surface area contributed by atoms with Gasteiger partial charge in [-0.15, -0.1) is 0 Å². The van der Waals surface area contributed by atoms with Crippen molar-refractivity contribution in [2.75, 3.05) is 0 Å². The topological polar surface area (TPSA) is 0 Å². The minimum absolute atomic E-state index is 0.979. The molecule has 0 aliphatic heterocycles. The van der Waals surface area contributed by atoms with Crippen molar-refractivity contribution < 1.29 is 0 Å². The SMILES string of the molecule is CCCC(C)CCC1CCCCC1. The molecule has 0 aromatic heterocycles. The fourth-order valence-electron chi connectivity index (χ4n) is 2.63. The van der Waals surface area contributed by atoms with Crippen molar-refractivity contribution in [3.63, 3.8) is 0 Å². The van der Waals surface area contributed by atoms with Crippen molar-refractivity contribution in [3.8, 4) is 0 Å². The first kappa shape index (κ1) is 11.1. The molecule has 0 aromatic carbocycles. The summed E-state index contributed by atoms with van der Waals surface area (Å²) in [5, 5.41) is 0. The number of hydrogen-bond donors (Lipinski definition) is 0. The number of rotatable bonds is 5. The molecular weight excluding hydrogens is 156 g/mol. The molecule has 1 unspecified atom stereocenters. The van der Waals surface area contributed by atoms with E-state index in [1.54, 1.807) is 0 Å². The summed E-state index contributed by atoms with van der Waals surface area (Å²) >= 11 is 0. The fourth-order valence-corrected chi connectivity index (χ4v) is 2.63. The lowest BCUT2D eigenvalue weighted by molar-refractivity contribution is 0.308. The molecule has 0 bridgehead atoms. The highest BCUT2D eigenvalue weighted by atomic mass is 14.2. The highest BCUT2D eigenvalue weighted by Crippen LogP contribution is 2.29. The van der Waals surface area contributed by atoms with Crippen LogP contribution in [-0.4, -0.2) is 0 Å². The monoisotopic (exact) mass is 182 g/mol. The normalized spacial score (nSPS) is 21.7. The minimum Gasteiger partial charge on any atom is -0.0654 e. The van der Waals surface area contributed by atoms with Gasteiger partial charge < -0.3 is 0 Å². The first-order chi connectivity index (χ1) is 6.33. The molecule has 0 aromatic rings. The highest BCUT2D eigenvalue weighted by Gasteiger charge is 2.13. The van der Waals surface area contributed by atoms with Crippen LogP contribution in [0.1, 0.15) is 71.6 Å². The quantitative estimate of drug-likeness (QED) is 0.574. The lowest BCUT2D eigenvalue weighted by atomic mass is 9.84. The van der Waals surface area contributed by atoms with Gasteiger partial charge in [-0.2, -0.15) is 0 Å². The van der Waals surface area contributed by atoms with E-state index in [0.29, 0.717) is 0 Å². The summed E-state index contributed by atoms with van der Waals surface area (Å²) in [5.41, 5.74) is 0. The lowest BCUT2D eigenvalue weighted by Gasteiger charge is -2.22. The summed E-state index contributed by atoms with van der Waals surface area (Å²) in [4.78, 5) is 0. The first-order valence-corrected chi connectivity index (χ1v) is 6.33. The molecule has 0 nitrogen and oxygen atoms in total. The van der Waals surface area contributed by atoms with Gasteiger partial charge in [-0.05, 0) is 11.8 Å². The second-order valence-corrected chi connectivity index (χ2v) is 4.98. The van der Waals surface area contributed by atoms with E-state index in [4.69, 9.17) is 0 Å². The summed E-state index contributed by atoms with van der Waals surface area (Å²) in [6.07, 6.45) is 13.4. The van der Waals surface area contributed by atoms with Crippen molar-refractivity contribution in [2.24, 2.45) is 11.8 Å². The Hall–Kier alpha value is 0. The van der Waals surface area contributed by atoms with Gasteiger partial charge in [-0.25, -0.2) is 0 Å². The van der Waals surface area contributed by atoms with E-state index in [2.05, 4.69) is 13.8 Å². The second-order valence-electron chi connectivity index (χ2n) is 4.98. The molecule has 0 radical (unpaired) electrons. The summed E-state index contributed by atoms with van der Waals surface area (Å²) in [6.45, 7) is 4.73. The van der Waals surface area contributed by atoms with Gasteiger partial charge in [0.05, 0.1) is 0 Å². The Balaban J connectivity index is 2.03. The average molecular weight is 182 g/mol. The molecular formula is C13H26. The molecule has 0 saturated heterocycles. The standard InChI is InChI=1S/C13H26/c1-3-7-12(2)10-11-13-8-5-4-6-9-13/h12-13H,3-11H2,1-2H3. The summed E-state index contributed by atoms with van der Waals surface area (Å²) in [6, 6.07) is 0. The van der Waals surface area contributed by atoms with Crippen LogP contribution in [0.4, 0.5) is 0 Å². The Morgan fingerprint density at radius 2 is 1.77 bits per heavy atom. The molecule has 1 saturated carbocycles. The van der Waals surface area contributed by atoms with Gasteiger partial charge in [0.2, 0.25) is 0 Å². The predicted molar refractivity (Wildman–Crippen MR) is 59.9 cm³/mol. The molecule has 0 amide bonds. The molecule has 13 heavy (non-hydrogen) atoms. The molecule has 0 heteroatoms. The van der Waals surface area contributed by atoms with Gasteiger partial charge in [-0.1, -0.05) is 71.6 Å². The maximum absolute atomic E-state index is 2.42. The van der Waals surface area contributed by atoms with E-state index in [-0.39, 0.29) is 0 Å². The Bertz CT molecular complexity index is 111. The third-order valence-electron chi connectivity index (χ3n) is 3.57. The van der Waals surface area contributed by atoms with E-state index in [9.17, 15) is 0 Å². The zero-order valence-electron chi connectivity index (χ0n) is 9.52. The van der Waals surface area contributed by atoms with Gasteiger partial charge in [0, 0.05) is 0 Å². The van der Waals surface area contributed by atoms with E-state index < -0.39 is 0 Å². The fraction of sp³-hybridized carbons (Fsp3) is 1.00. The van der Waals surface area contributed by atoms with Gasteiger partial charge in [0.15, 0.2) is 0 Å². The van der Waals surface area contributed by atoms with Crippen LogP contribution in [-0.2, 0) is 0 Å². The maximum atomic E-state index is 2.42. The number of hydrogen-bond acceptors (Lipinski definition) is 0. The molecule has 0 N–H and O–H groups in total.